The summed E-state index contributed by atoms with van der Waals surface area (Å²) in [7, 11) is 0. The number of halogens is 2. The topological polar surface area (TPSA) is 14.8 Å². The second-order valence-corrected chi connectivity index (χ2v) is 30.5. The molecule has 6 fully saturated rings. The third-order valence-corrected chi connectivity index (χ3v) is 15.7. The van der Waals surface area contributed by atoms with Crippen molar-refractivity contribution in [2.75, 3.05) is 0 Å². The molecule has 5 aromatic rings. The fourth-order valence-corrected chi connectivity index (χ4v) is 12.8. The first kappa shape index (κ1) is 52.8. The van der Waals surface area contributed by atoms with Crippen LogP contribution in [-0.2, 0) is 25.0 Å². The van der Waals surface area contributed by atoms with E-state index >= 15 is 0 Å². The minimum absolute atomic E-state index is 0. The summed E-state index contributed by atoms with van der Waals surface area (Å²) in [5.74, 6) is 7.20. The summed E-state index contributed by atoms with van der Waals surface area (Å²) in [6, 6.07) is 34.1. The zero-order chi connectivity index (χ0) is 42.9. The van der Waals surface area contributed by atoms with Crippen LogP contribution in [0.3, 0.4) is 0 Å². The van der Waals surface area contributed by atoms with Gasteiger partial charge in [0.2, 0.25) is 0 Å². The van der Waals surface area contributed by atoms with Crippen molar-refractivity contribution in [2.24, 2.45) is 35.5 Å². The summed E-state index contributed by atoms with van der Waals surface area (Å²) in [5.41, 5.74) is 5.73. The molecule has 0 N–H and O–H groups in total. The molecule has 3 nitrogen and oxygen atoms in total. The van der Waals surface area contributed by atoms with Gasteiger partial charge in [0.25, 0.3) is 0 Å². The van der Waals surface area contributed by atoms with Gasteiger partial charge < -0.3 is 28.6 Å². The van der Waals surface area contributed by atoms with E-state index in [1.165, 1.54) is 132 Å². The Bertz CT molecular complexity index is 1870. The minimum atomic E-state index is -0.145. The van der Waals surface area contributed by atoms with E-state index in [9.17, 15) is 0 Å². The fourth-order valence-electron chi connectivity index (χ4n) is 12.8. The van der Waals surface area contributed by atoms with Gasteiger partial charge in [0.1, 0.15) is 0 Å². The molecule has 7 aliphatic carbocycles. The van der Waals surface area contributed by atoms with Crippen molar-refractivity contribution in [3.05, 3.63) is 160 Å². The molecule has 0 saturated heterocycles. The summed E-state index contributed by atoms with van der Waals surface area (Å²) < 4.78 is 7.04. The Balaban J connectivity index is 0.000000154. The van der Waals surface area contributed by atoms with E-state index < -0.39 is 0 Å². The molecule has 6 atom stereocenters. The van der Waals surface area contributed by atoms with Crippen molar-refractivity contribution < 1.29 is 18.5 Å². The van der Waals surface area contributed by atoms with E-state index in [1.807, 2.05) is 13.8 Å². The van der Waals surface area contributed by atoms with Crippen molar-refractivity contribution in [3.63, 3.8) is 0 Å². The van der Waals surface area contributed by atoms with Crippen LogP contribution in [0.25, 0.3) is 11.8 Å². The van der Waals surface area contributed by atoms with Crippen LogP contribution in [0.4, 0.5) is 0 Å². The first-order valence-corrected chi connectivity index (χ1v) is 36.1. The SMILES string of the molecule is C1=C(n2cccc2)Cc2ccccc21.CC.[Br][Zr+2][Br].[CH3-].[CH3-].c1ccc(C2CC3CCCCC3C2)cc1.c1ccn(C2CC3CCCCC3C2)c1.c1ccn(C2CC3CCCCC3C2)c1. The largest absolute Gasteiger partial charge is 0.358 e. The molecule has 6 unspecified atom stereocenters. The van der Waals surface area contributed by atoms with Crippen LogP contribution < -0.4 is 0 Å². The Hall–Kier alpha value is -2.14. The van der Waals surface area contributed by atoms with E-state index in [2.05, 4.69) is 172 Å². The summed E-state index contributed by atoms with van der Waals surface area (Å²) in [5, 5.41) is 0. The molecule has 3 heterocycles. The predicted octanol–water partition coefficient (Wildman–Crippen LogP) is 18.3. The molecule has 3 aromatic heterocycles. The van der Waals surface area contributed by atoms with Gasteiger partial charge in [-0.3, -0.25) is 0 Å². The summed E-state index contributed by atoms with van der Waals surface area (Å²) in [4.78, 5) is 0. The Morgan fingerprint density at radius 3 is 1.22 bits per heavy atom. The Morgan fingerprint density at radius 2 is 0.812 bits per heavy atom. The number of hydrogen-bond donors (Lipinski definition) is 0. The smallest absolute Gasteiger partial charge is 0.0336 e. The van der Waals surface area contributed by atoms with Gasteiger partial charge in [-0.2, -0.15) is 0 Å². The van der Waals surface area contributed by atoms with Crippen molar-refractivity contribution in [2.45, 2.75) is 154 Å². The van der Waals surface area contributed by atoms with Crippen LogP contribution >= 0.6 is 24.4 Å². The van der Waals surface area contributed by atoms with Crippen molar-refractivity contribution in [3.8, 4) is 0 Å². The molecule has 0 spiro atoms. The summed E-state index contributed by atoms with van der Waals surface area (Å²) >= 11 is 6.32. The minimum Gasteiger partial charge on any atom is -0.358 e. The first-order chi connectivity index (χ1) is 30.6. The van der Waals surface area contributed by atoms with Crippen molar-refractivity contribution in [1.29, 1.82) is 0 Å². The van der Waals surface area contributed by atoms with E-state index in [4.69, 9.17) is 0 Å². The maximum atomic E-state index is 3.23. The first-order valence-electron chi connectivity index (χ1n) is 24.8. The number of nitrogens with zero attached hydrogens (tertiary/aromatic N) is 3. The van der Waals surface area contributed by atoms with Crippen LogP contribution in [0, 0.1) is 50.4 Å². The molecule has 346 valence electrons. The zero-order valence-electron chi connectivity index (χ0n) is 39.9. The quantitative estimate of drug-likeness (QED) is 0.159. The van der Waals surface area contributed by atoms with Gasteiger partial charge >= 0.3 is 43.0 Å². The molecule has 0 aliphatic heterocycles. The third-order valence-electron chi connectivity index (χ3n) is 15.7. The number of aromatic nitrogens is 3. The van der Waals surface area contributed by atoms with E-state index in [0.717, 1.165) is 59.9 Å². The number of rotatable bonds is 4. The van der Waals surface area contributed by atoms with Gasteiger partial charge in [-0.25, -0.2) is 0 Å². The molecule has 0 radical (unpaired) electrons. The molecule has 6 saturated carbocycles. The van der Waals surface area contributed by atoms with Crippen molar-refractivity contribution >= 4 is 36.2 Å². The average molecular weight is 1070 g/mol. The van der Waals surface area contributed by atoms with Gasteiger partial charge in [0.05, 0.1) is 0 Å². The third kappa shape index (κ3) is 14.7. The molecule has 64 heavy (non-hydrogen) atoms. The maximum absolute atomic E-state index is 3.23. The second kappa shape index (κ2) is 28.3. The Labute approximate surface area is 414 Å². The van der Waals surface area contributed by atoms with Gasteiger partial charge in [0.15, 0.2) is 0 Å². The van der Waals surface area contributed by atoms with Crippen LogP contribution in [0.2, 0.25) is 0 Å². The van der Waals surface area contributed by atoms with E-state index in [1.54, 1.807) is 5.56 Å². The Morgan fingerprint density at radius 1 is 0.453 bits per heavy atom. The number of fused-ring (bicyclic) bond motifs is 4. The van der Waals surface area contributed by atoms with Gasteiger partial charge in [-0.15, -0.1) is 0 Å². The molecule has 7 aliphatic rings. The van der Waals surface area contributed by atoms with Crippen LogP contribution in [0.15, 0.2) is 128 Å². The summed E-state index contributed by atoms with van der Waals surface area (Å²) in [6.45, 7) is 4.00. The predicted molar refractivity (Wildman–Crippen MR) is 281 cm³/mol. The van der Waals surface area contributed by atoms with Crippen LogP contribution in [0.1, 0.15) is 164 Å². The Kier molecular flexibility index (Phi) is 23.3. The van der Waals surface area contributed by atoms with E-state index in [-0.39, 0.29) is 33.4 Å². The number of allylic oxidation sites excluding steroid dienone is 1. The van der Waals surface area contributed by atoms with Crippen LogP contribution in [-0.4, -0.2) is 13.7 Å². The van der Waals surface area contributed by atoms with Crippen LogP contribution in [0.5, 0.6) is 0 Å². The second-order valence-electron chi connectivity index (χ2n) is 19.2. The van der Waals surface area contributed by atoms with Gasteiger partial charge in [0, 0.05) is 61.4 Å². The van der Waals surface area contributed by atoms with Gasteiger partial charge in [-0.05, 0) is 139 Å². The number of hydrogen-bond acceptors (Lipinski definition) is 0. The standard InChI is InChI=1S/C15H20.2C13H19N.C13H11N.C2H6.2CH3.2BrH.Zr/c1-2-6-12(7-3-1)15-10-13-8-4-5-9-14(13)11-15;3*1-2-6-12-10-13(9-11(12)5-1)14-7-3-4-8-14;1-2;;;;;/h1-3,6-7,13-15H,4-5,8-11H2;2*3-4,7-8,11-13H,1-2,5-6,9-10H2;1-9H,10H2;1-2H3;2*1H3;2*1H;/q;;;;;2*-1;;;+4/p-2. The van der Waals surface area contributed by atoms with Gasteiger partial charge in [-0.1, -0.05) is 145 Å². The average Bonchev–Trinajstić information content (AvgIpc) is 4.19. The molecular formula is C58H81Br2N3Zr. The molecule has 2 aromatic carbocycles. The molecular weight excluding hydrogens is 990 g/mol. The normalized spacial score (nSPS) is 27.7. The molecule has 0 bridgehead atoms. The number of benzene rings is 2. The van der Waals surface area contributed by atoms with Crippen molar-refractivity contribution in [1.82, 2.24) is 13.7 Å². The molecule has 0 amide bonds. The monoisotopic (exact) mass is 1070 g/mol. The molecule has 6 heteroatoms. The van der Waals surface area contributed by atoms with E-state index in [0.29, 0.717) is 0 Å². The molecule has 12 rings (SSSR count). The summed E-state index contributed by atoms with van der Waals surface area (Å²) in [6.07, 6.45) is 43.1. The maximum Gasteiger partial charge on any atom is 0.0336 e. The zero-order valence-corrected chi connectivity index (χ0v) is 45.6. The fraction of sp³-hybridized carbons (Fsp3) is 0.517.